The van der Waals surface area contributed by atoms with Crippen LogP contribution in [0.15, 0.2) is 41.3 Å². The van der Waals surface area contributed by atoms with Gasteiger partial charge in [-0.05, 0) is 55.5 Å². The molecule has 0 bridgehead atoms. The minimum Gasteiger partial charge on any atom is -0.492 e. The molecule has 1 saturated heterocycles. The Balaban J connectivity index is 1.42. The number of aromatic nitrogens is 2. The Morgan fingerprint density at radius 3 is 2.58 bits per heavy atom. The van der Waals surface area contributed by atoms with Crippen LogP contribution in [0.5, 0.6) is 5.75 Å². The third-order valence-electron chi connectivity index (χ3n) is 5.61. The molecule has 1 aliphatic rings. The smallest absolute Gasteiger partial charge is 0.243 e. The molecule has 0 aliphatic carbocycles. The average Bonchev–Trinajstić information content (AvgIpc) is 2.74. The Morgan fingerprint density at radius 2 is 1.84 bits per heavy atom. The highest BCUT2D eigenvalue weighted by molar-refractivity contribution is 7.89. The summed E-state index contributed by atoms with van der Waals surface area (Å²) in [5.74, 6) is 1.21. The lowest BCUT2D eigenvalue weighted by Crippen LogP contribution is -2.39. The van der Waals surface area contributed by atoms with Gasteiger partial charge in [0, 0.05) is 18.1 Å². The molecule has 1 aromatic heterocycles. The zero-order valence-electron chi connectivity index (χ0n) is 17.1. The van der Waals surface area contributed by atoms with Crippen LogP contribution in [0.4, 0.5) is 11.8 Å². The standard InChI is InChI=1S/C21H24ClN5O3S/c1-13-15(22)4-2-7-18(13)31(28,29)27-10-8-14(9-11-27)12-30-17-6-3-5-16-19(17)20(23)26-21(24)25-16/h2-7,14H,8-12H2,1H3,(H4,23,24,25,26). The first kappa shape index (κ1) is 21.6. The Bertz CT molecular complexity index is 1230. The number of hydrogen-bond acceptors (Lipinski definition) is 7. The van der Waals surface area contributed by atoms with Crippen molar-refractivity contribution < 1.29 is 13.2 Å². The zero-order chi connectivity index (χ0) is 22.2. The SMILES string of the molecule is Cc1c(Cl)cccc1S(=O)(=O)N1CCC(COc2cccc3nc(N)nc(N)c23)CC1. The molecular weight excluding hydrogens is 438 g/mol. The first-order chi connectivity index (χ1) is 14.8. The predicted molar refractivity (Wildman–Crippen MR) is 122 cm³/mol. The highest BCUT2D eigenvalue weighted by Crippen LogP contribution is 2.32. The van der Waals surface area contributed by atoms with Gasteiger partial charge in [0.15, 0.2) is 0 Å². The van der Waals surface area contributed by atoms with E-state index in [4.69, 9.17) is 27.8 Å². The van der Waals surface area contributed by atoms with Crippen molar-refractivity contribution in [1.29, 1.82) is 0 Å². The number of benzene rings is 2. The van der Waals surface area contributed by atoms with Crippen molar-refractivity contribution in [3.05, 3.63) is 47.0 Å². The Morgan fingerprint density at radius 1 is 1.13 bits per heavy atom. The summed E-state index contributed by atoms with van der Waals surface area (Å²) in [5.41, 5.74) is 12.9. The van der Waals surface area contributed by atoms with Crippen LogP contribution in [-0.4, -0.2) is 42.4 Å². The van der Waals surface area contributed by atoms with Gasteiger partial charge in [-0.25, -0.2) is 13.4 Å². The number of nitrogens with two attached hydrogens (primary N) is 2. The molecule has 3 aromatic rings. The molecule has 0 atom stereocenters. The molecule has 2 heterocycles. The van der Waals surface area contributed by atoms with Crippen LogP contribution in [0.25, 0.3) is 10.9 Å². The fraction of sp³-hybridized carbons (Fsp3) is 0.333. The second-order valence-corrected chi connectivity index (χ2v) is 9.95. The van der Waals surface area contributed by atoms with Gasteiger partial charge in [0.2, 0.25) is 16.0 Å². The summed E-state index contributed by atoms with van der Waals surface area (Å²) in [5, 5.41) is 1.08. The average molecular weight is 462 g/mol. The molecule has 0 saturated carbocycles. The van der Waals surface area contributed by atoms with Crippen molar-refractivity contribution in [3.63, 3.8) is 0 Å². The fourth-order valence-corrected chi connectivity index (χ4v) is 5.80. The first-order valence-corrected chi connectivity index (χ1v) is 11.8. The summed E-state index contributed by atoms with van der Waals surface area (Å²) in [7, 11) is -3.58. The number of nitrogen functional groups attached to an aromatic ring is 2. The van der Waals surface area contributed by atoms with Gasteiger partial charge in [-0.1, -0.05) is 23.7 Å². The molecule has 8 nitrogen and oxygen atoms in total. The number of halogens is 1. The number of fused-ring (bicyclic) bond motifs is 1. The predicted octanol–water partition coefficient (Wildman–Crippen LogP) is 3.24. The van der Waals surface area contributed by atoms with Crippen molar-refractivity contribution in [3.8, 4) is 5.75 Å². The maximum atomic E-state index is 13.1. The number of sulfonamides is 1. The molecule has 164 valence electrons. The van der Waals surface area contributed by atoms with E-state index in [2.05, 4.69) is 9.97 Å². The number of anilines is 2. The molecule has 1 aliphatic heterocycles. The molecule has 4 N–H and O–H groups in total. The lowest BCUT2D eigenvalue weighted by atomic mass is 9.99. The summed E-state index contributed by atoms with van der Waals surface area (Å²) >= 11 is 6.12. The monoisotopic (exact) mass is 461 g/mol. The molecular formula is C21H24ClN5O3S. The van der Waals surface area contributed by atoms with Crippen LogP contribution in [0.3, 0.4) is 0 Å². The largest absolute Gasteiger partial charge is 0.492 e. The molecule has 0 unspecified atom stereocenters. The summed E-state index contributed by atoms with van der Waals surface area (Å²) in [6.07, 6.45) is 1.39. The summed E-state index contributed by atoms with van der Waals surface area (Å²) in [6.45, 7) is 3.04. The van der Waals surface area contributed by atoms with Gasteiger partial charge in [0.25, 0.3) is 0 Å². The molecule has 4 rings (SSSR count). The molecule has 10 heteroatoms. The molecule has 0 amide bonds. The quantitative estimate of drug-likeness (QED) is 0.597. The van der Waals surface area contributed by atoms with Gasteiger partial charge >= 0.3 is 0 Å². The van der Waals surface area contributed by atoms with Crippen molar-refractivity contribution in [2.24, 2.45) is 5.92 Å². The van der Waals surface area contributed by atoms with Gasteiger partial charge in [-0.3, -0.25) is 0 Å². The molecule has 0 radical (unpaired) electrons. The van der Waals surface area contributed by atoms with Crippen LogP contribution in [0.1, 0.15) is 18.4 Å². The van der Waals surface area contributed by atoms with Crippen molar-refractivity contribution in [2.45, 2.75) is 24.7 Å². The van der Waals surface area contributed by atoms with E-state index in [1.807, 2.05) is 12.1 Å². The molecule has 1 fully saturated rings. The van der Waals surface area contributed by atoms with Crippen LogP contribution >= 0.6 is 11.6 Å². The summed E-state index contributed by atoms with van der Waals surface area (Å²) in [6, 6.07) is 10.4. The fourth-order valence-electron chi connectivity index (χ4n) is 3.85. The summed E-state index contributed by atoms with van der Waals surface area (Å²) < 4.78 is 33.7. The minimum absolute atomic E-state index is 0.116. The van der Waals surface area contributed by atoms with Crippen LogP contribution < -0.4 is 16.2 Å². The van der Waals surface area contributed by atoms with Crippen molar-refractivity contribution in [1.82, 2.24) is 14.3 Å². The van der Waals surface area contributed by atoms with Crippen molar-refractivity contribution in [2.75, 3.05) is 31.2 Å². The Labute approximate surface area is 186 Å². The first-order valence-electron chi connectivity index (χ1n) is 9.97. The van der Waals surface area contributed by atoms with Crippen LogP contribution in [0, 0.1) is 12.8 Å². The topological polar surface area (TPSA) is 124 Å². The minimum atomic E-state index is -3.58. The zero-order valence-corrected chi connectivity index (χ0v) is 18.7. The number of piperidine rings is 1. The lowest BCUT2D eigenvalue weighted by Gasteiger charge is -2.31. The van der Waals surface area contributed by atoms with Gasteiger partial charge in [0.1, 0.15) is 11.6 Å². The Hall–Kier alpha value is -2.62. The highest BCUT2D eigenvalue weighted by Gasteiger charge is 2.31. The van der Waals surface area contributed by atoms with E-state index < -0.39 is 10.0 Å². The maximum Gasteiger partial charge on any atom is 0.243 e. The second-order valence-electron chi connectivity index (χ2n) is 7.64. The van der Waals surface area contributed by atoms with E-state index >= 15 is 0 Å². The van der Waals surface area contributed by atoms with E-state index in [9.17, 15) is 8.42 Å². The van der Waals surface area contributed by atoms with Crippen LogP contribution in [0.2, 0.25) is 5.02 Å². The van der Waals surface area contributed by atoms with E-state index in [0.29, 0.717) is 59.8 Å². The highest BCUT2D eigenvalue weighted by atomic mass is 35.5. The van der Waals surface area contributed by atoms with Gasteiger partial charge in [-0.15, -0.1) is 0 Å². The Kier molecular flexibility index (Phi) is 5.92. The summed E-state index contributed by atoms with van der Waals surface area (Å²) in [4.78, 5) is 8.48. The lowest BCUT2D eigenvalue weighted by molar-refractivity contribution is 0.186. The maximum absolute atomic E-state index is 13.1. The van der Waals surface area contributed by atoms with E-state index in [1.54, 1.807) is 31.2 Å². The normalized spacial score (nSPS) is 15.9. The number of ether oxygens (including phenoxy) is 1. The molecule has 0 spiro atoms. The van der Waals surface area contributed by atoms with Gasteiger partial charge < -0.3 is 16.2 Å². The van der Waals surface area contributed by atoms with Crippen LogP contribution in [-0.2, 0) is 10.0 Å². The van der Waals surface area contributed by atoms with E-state index in [-0.39, 0.29) is 22.6 Å². The third-order valence-corrected chi connectivity index (χ3v) is 8.07. The van der Waals surface area contributed by atoms with E-state index in [0.717, 1.165) is 0 Å². The molecule has 31 heavy (non-hydrogen) atoms. The third kappa shape index (κ3) is 4.26. The molecule has 2 aromatic carbocycles. The number of hydrogen-bond donors (Lipinski definition) is 2. The number of nitrogens with zero attached hydrogens (tertiary/aromatic N) is 3. The van der Waals surface area contributed by atoms with Gasteiger partial charge in [-0.2, -0.15) is 9.29 Å². The second kappa shape index (κ2) is 8.49. The van der Waals surface area contributed by atoms with E-state index in [1.165, 1.54) is 4.31 Å². The van der Waals surface area contributed by atoms with Gasteiger partial charge in [0.05, 0.1) is 22.4 Å². The van der Waals surface area contributed by atoms with Crippen molar-refractivity contribution >= 4 is 44.3 Å². The number of rotatable bonds is 5.